The SMILES string of the molecule is CSc1c(I)ncn1C. The average molecular weight is 254 g/mol. The van der Waals surface area contributed by atoms with Crippen molar-refractivity contribution in [2.45, 2.75) is 5.03 Å². The van der Waals surface area contributed by atoms with Crippen LogP contribution in [0, 0.1) is 3.70 Å². The lowest BCUT2D eigenvalue weighted by atomic mass is 10.9. The first-order valence-electron chi connectivity index (χ1n) is 2.46. The van der Waals surface area contributed by atoms with Crippen LogP contribution in [-0.4, -0.2) is 15.8 Å². The van der Waals surface area contributed by atoms with Gasteiger partial charge >= 0.3 is 0 Å². The van der Waals surface area contributed by atoms with E-state index in [1.807, 2.05) is 17.9 Å². The molecule has 0 bridgehead atoms. The molecule has 1 aromatic heterocycles. The molecule has 0 atom stereocenters. The Kier molecular flexibility index (Phi) is 2.40. The highest BCUT2D eigenvalue weighted by atomic mass is 127. The van der Waals surface area contributed by atoms with Gasteiger partial charge in [0.1, 0.15) is 8.73 Å². The Balaban J connectivity index is 3.07. The van der Waals surface area contributed by atoms with E-state index >= 15 is 0 Å². The third-order valence-electron chi connectivity index (χ3n) is 1.03. The van der Waals surface area contributed by atoms with Crippen molar-refractivity contribution in [2.75, 3.05) is 6.26 Å². The van der Waals surface area contributed by atoms with E-state index in [9.17, 15) is 0 Å². The van der Waals surface area contributed by atoms with Crippen molar-refractivity contribution in [1.29, 1.82) is 0 Å². The monoisotopic (exact) mass is 254 g/mol. The summed E-state index contributed by atoms with van der Waals surface area (Å²) >= 11 is 3.95. The Hall–Kier alpha value is 0.290. The van der Waals surface area contributed by atoms with Gasteiger partial charge in [0.05, 0.1) is 6.33 Å². The van der Waals surface area contributed by atoms with Gasteiger partial charge in [-0.05, 0) is 28.8 Å². The van der Waals surface area contributed by atoms with Crippen molar-refractivity contribution < 1.29 is 0 Å². The van der Waals surface area contributed by atoms with Crippen LogP contribution < -0.4 is 0 Å². The molecule has 0 radical (unpaired) electrons. The zero-order valence-corrected chi connectivity index (χ0v) is 8.23. The molecule has 0 spiro atoms. The molecule has 1 heterocycles. The van der Waals surface area contributed by atoms with Crippen LogP contribution in [-0.2, 0) is 7.05 Å². The van der Waals surface area contributed by atoms with Crippen LogP contribution in [0.2, 0.25) is 0 Å². The molecule has 0 saturated carbocycles. The van der Waals surface area contributed by atoms with Crippen LogP contribution >= 0.6 is 34.4 Å². The Morgan fingerprint density at radius 2 is 2.44 bits per heavy atom. The maximum atomic E-state index is 4.12. The molecule has 0 saturated heterocycles. The van der Waals surface area contributed by atoms with Crippen LogP contribution in [0.15, 0.2) is 11.4 Å². The summed E-state index contributed by atoms with van der Waals surface area (Å²) in [6.45, 7) is 0. The molecule has 1 rings (SSSR count). The molecule has 0 aliphatic carbocycles. The molecule has 2 nitrogen and oxygen atoms in total. The van der Waals surface area contributed by atoms with Gasteiger partial charge in [0.15, 0.2) is 0 Å². The number of aromatic nitrogens is 2. The molecule has 0 unspecified atom stereocenters. The minimum Gasteiger partial charge on any atom is -0.328 e. The average Bonchev–Trinajstić information content (AvgIpc) is 2.12. The molecule has 0 aromatic carbocycles. The van der Waals surface area contributed by atoms with Gasteiger partial charge in [0.25, 0.3) is 0 Å². The number of rotatable bonds is 1. The standard InChI is InChI=1S/C5H7IN2S/c1-8-3-7-4(6)5(8)9-2/h3H,1-2H3. The molecule has 0 aliphatic rings. The second kappa shape index (κ2) is 2.92. The van der Waals surface area contributed by atoms with Gasteiger partial charge in [0, 0.05) is 7.05 Å². The molecular formula is C5H7IN2S. The first-order chi connectivity index (χ1) is 4.25. The summed E-state index contributed by atoms with van der Waals surface area (Å²) in [5, 5.41) is 1.23. The Morgan fingerprint density at radius 1 is 1.78 bits per heavy atom. The smallest absolute Gasteiger partial charge is 0.133 e. The first kappa shape index (κ1) is 7.40. The second-order valence-corrected chi connectivity index (χ2v) is 3.47. The van der Waals surface area contributed by atoms with Crippen molar-refractivity contribution >= 4 is 34.4 Å². The lowest BCUT2D eigenvalue weighted by Crippen LogP contribution is -1.86. The predicted octanol–water partition coefficient (Wildman–Crippen LogP) is 1.75. The number of halogens is 1. The van der Waals surface area contributed by atoms with E-state index in [0.717, 1.165) is 3.70 Å². The highest BCUT2D eigenvalue weighted by Gasteiger charge is 2.01. The molecule has 0 fully saturated rings. The van der Waals surface area contributed by atoms with Gasteiger partial charge in [-0.2, -0.15) is 0 Å². The highest BCUT2D eigenvalue weighted by molar-refractivity contribution is 14.1. The van der Waals surface area contributed by atoms with Gasteiger partial charge in [-0.15, -0.1) is 11.8 Å². The van der Waals surface area contributed by atoms with E-state index in [0.29, 0.717) is 0 Å². The third kappa shape index (κ3) is 1.40. The normalized spacial score (nSPS) is 10.1. The summed E-state index contributed by atoms with van der Waals surface area (Å²) in [5.41, 5.74) is 0. The molecule has 4 heteroatoms. The van der Waals surface area contributed by atoms with Gasteiger partial charge in [0.2, 0.25) is 0 Å². The molecule has 0 amide bonds. The Labute approximate surface area is 72.2 Å². The molecular weight excluding hydrogens is 247 g/mol. The minimum atomic E-state index is 1.09. The van der Waals surface area contributed by atoms with E-state index in [4.69, 9.17) is 0 Å². The number of aryl methyl sites for hydroxylation is 1. The first-order valence-corrected chi connectivity index (χ1v) is 4.77. The summed E-state index contributed by atoms with van der Waals surface area (Å²) in [7, 11) is 2.00. The fraction of sp³-hybridized carbons (Fsp3) is 0.400. The lowest BCUT2D eigenvalue weighted by molar-refractivity contribution is 0.822. The van der Waals surface area contributed by atoms with Crippen molar-refractivity contribution in [3.63, 3.8) is 0 Å². The van der Waals surface area contributed by atoms with Crippen molar-refractivity contribution in [1.82, 2.24) is 9.55 Å². The van der Waals surface area contributed by atoms with E-state index in [-0.39, 0.29) is 0 Å². The fourth-order valence-corrected chi connectivity index (χ4v) is 2.34. The molecule has 0 aliphatic heterocycles. The maximum absolute atomic E-state index is 4.12. The van der Waals surface area contributed by atoms with Crippen LogP contribution in [0.4, 0.5) is 0 Å². The zero-order chi connectivity index (χ0) is 6.85. The summed E-state index contributed by atoms with van der Waals surface area (Å²) in [4.78, 5) is 4.12. The van der Waals surface area contributed by atoms with E-state index in [1.54, 1.807) is 11.8 Å². The van der Waals surface area contributed by atoms with E-state index in [2.05, 4.69) is 33.8 Å². The number of imidazole rings is 1. The number of hydrogen-bond donors (Lipinski definition) is 0. The summed E-state index contributed by atoms with van der Waals surface area (Å²) in [6.07, 6.45) is 3.88. The Morgan fingerprint density at radius 3 is 2.67 bits per heavy atom. The largest absolute Gasteiger partial charge is 0.328 e. The maximum Gasteiger partial charge on any atom is 0.133 e. The van der Waals surface area contributed by atoms with E-state index < -0.39 is 0 Å². The Bertz CT molecular complexity index is 189. The number of hydrogen-bond acceptors (Lipinski definition) is 2. The van der Waals surface area contributed by atoms with Crippen molar-refractivity contribution in [3.05, 3.63) is 10.0 Å². The summed E-state index contributed by atoms with van der Waals surface area (Å²) in [6, 6.07) is 0. The summed E-state index contributed by atoms with van der Waals surface area (Å²) in [5.74, 6) is 0. The third-order valence-corrected chi connectivity index (χ3v) is 3.06. The van der Waals surface area contributed by atoms with Crippen LogP contribution in [0.5, 0.6) is 0 Å². The fourth-order valence-electron chi connectivity index (χ4n) is 0.619. The van der Waals surface area contributed by atoms with E-state index in [1.165, 1.54) is 5.03 Å². The highest BCUT2D eigenvalue weighted by Crippen LogP contribution is 2.19. The molecule has 0 N–H and O–H groups in total. The van der Waals surface area contributed by atoms with Gasteiger partial charge in [-0.1, -0.05) is 0 Å². The second-order valence-electron chi connectivity index (χ2n) is 1.66. The van der Waals surface area contributed by atoms with Crippen LogP contribution in [0.1, 0.15) is 0 Å². The van der Waals surface area contributed by atoms with Crippen LogP contribution in [0.25, 0.3) is 0 Å². The molecule has 9 heavy (non-hydrogen) atoms. The quantitative estimate of drug-likeness (QED) is 0.561. The topological polar surface area (TPSA) is 17.8 Å². The van der Waals surface area contributed by atoms with Gasteiger partial charge < -0.3 is 4.57 Å². The van der Waals surface area contributed by atoms with Crippen LogP contribution in [0.3, 0.4) is 0 Å². The lowest BCUT2D eigenvalue weighted by Gasteiger charge is -1.94. The van der Waals surface area contributed by atoms with Crippen molar-refractivity contribution in [3.8, 4) is 0 Å². The number of thioether (sulfide) groups is 1. The summed E-state index contributed by atoms with van der Waals surface area (Å²) < 4.78 is 3.11. The van der Waals surface area contributed by atoms with Gasteiger partial charge in [-0.25, -0.2) is 4.98 Å². The zero-order valence-electron chi connectivity index (χ0n) is 5.26. The van der Waals surface area contributed by atoms with Gasteiger partial charge in [-0.3, -0.25) is 0 Å². The number of nitrogens with zero attached hydrogens (tertiary/aromatic N) is 2. The molecule has 50 valence electrons. The predicted molar refractivity (Wildman–Crippen MR) is 47.7 cm³/mol. The molecule has 1 aromatic rings. The van der Waals surface area contributed by atoms with Crippen molar-refractivity contribution in [2.24, 2.45) is 7.05 Å². The minimum absolute atomic E-state index is 1.09.